The number of hydrogen-bond acceptors (Lipinski definition) is 2. The Morgan fingerprint density at radius 2 is 2.12 bits per heavy atom. The van der Waals surface area contributed by atoms with Crippen molar-refractivity contribution >= 4 is 5.97 Å². The minimum atomic E-state index is -0.732. The number of benzene rings is 1. The molecule has 3 heteroatoms. The molecule has 1 aromatic carbocycles. The summed E-state index contributed by atoms with van der Waals surface area (Å²) < 4.78 is 0. The maximum absolute atomic E-state index is 11.1. The molecule has 0 spiro atoms. The van der Waals surface area contributed by atoms with E-state index in [1.54, 1.807) is 12.1 Å². The quantitative estimate of drug-likeness (QED) is 0.797. The van der Waals surface area contributed by atoms with Gasteiger partial charge in [0.05, 0.1) is 5.92 Å². The van der Waals surface area contributed by atoms with Crippen LogP contribution in [-0.4, -0.2) is 16.2 Å². The molecule has 0 bridgehead atoms. The van der Waals surface area contributed by atoms with Gasteiger partial charge < -0.3 is 10.2 Å². The summed E-state index contributed by atoms with van der Waals surface area (Å²) in [5.41, 5.74) is 1.77. The average Bonchev–Trinajstić information content (AvgIpc) is 2.28. The van der Waals surface area contributed by atoms with Crippen LogP contribution in [0.25, 0.3) is 0 Å². The van der Waals surface area contributed by atoms with Crippen molar-refractivity contribution in [1.82, 2.24) is 0 Å². The van der Waals surface area contributed by atoms with Crippen LogP contribution in [0.3, 0.4) is 0 Å². The smallest absolute Gasteiger partial charge is 0.306 e. The van der Waals surface area contributed by atoms with Gasteiger partial charge in [-0.1, -0.05) is 31.9 Å². The zero-order valence-corrected chi connectivity index (χ0v) is 10.4. The summed E-state index contributed by atoms with van der Waals surface area (Å²) in [4.78, 5) is 11.1. The van der Waals surface area contributed by atoms with Gasteiger partial charge in [0, 0.05) is 0 Å². The number of carboxylic acids is 1. The number of unbranched alkanes of at least 4 members (excludes halogenated alkanes) is 1. The van der Waals surface area contributed by atoms with E-state index in [1.807, 2.05) is 13.0 Å². The monoisotopic (exact) mass is 236 g/mol. The summed E-state index contributed by atoms with van der Waals surface area (Å²) >= 11 is 0. The Morgan fingerprint density at radius 1 is 1.41 bits per heavy atom. The highest BCUT2D eigenvalue weighted by atomic mass is 16.4. The van der Waals surface area contributed by atoms with E-state index in [4.69, 9.17) is 5.11 Å². The molecule has 17 heavy (non-hydrogen) atoms. The molecule has 0 aromatic heterocycles. The van der Waals surface area contributed by atoms with E-state index in [-0.39, 0.29) is 11.7 Å². The normalized spacial score (nSPS) is 12.4. The van der Waals surface area contributed by atoms with Crippen LogP contribution >= 0.6 is 0 Å². The average molecular weight is 236 g/mol. The molecule has 0 heterocycles. The molecular weight excluding hydrogens is 216 g/mol. The van der Waals surface area contributed by atoms with Crippen LogP contribution in [0.5, 0.6) is 5.75 Å². The van der Waals surface area contributed by atoms with Crippen LogP contribution < -0.4 is 0 Å². The van der Waals surface area contributed by atoms with Crippen molar-refractivity contribution < 1.29 is 15.0 Å². The molecule has 2 N–H and O–H groups in total. The second-order valence-electron chi connectivity index (χ2n) is 4.50. The summed E-state index contributed by atoms with van der Waals surface area (Å²) in [6, 6.07) is 5.28. The van der Waals surface area contributed by atoms with E-state index < -0.39 is 5.97 Å². The zero-order chi connectivity index (χ0) is 12.8. The summed E-state index contributed by atoms with van der Waals surface area (Å²) in [5, 5.41) is 18.5. The molecule has 0 amide bonds. The predicted molar refractivity (Wildman–Crippen MR) is 67.2 cm³/mol. The fourth-order valence-electron chi connectivity index (χ4n) is 1.89. The van der Waals surface area contributed by atoms with E-state index in [2.05, 4.69) is 6.92 Å². The molecule has 1 aromatic rings. The zero-order valence-electron chi connectivity index (χ0n) is 10.4. The van der Waals surface area contributed by atoms with Gasteiger partial charge in [-0.25, -0.2) is 0 Å². The lowest BCUT2D eigenvalue weighted by Crippen LogP contribution is -2.16. The number of carbonyl (C=O) groups is 1. The first-order valence-corrected chi connectivity index (χ1v) is 6.06. The second kappa shape index (κ2) is 6.28. The van der Waals surface area contributed by atoms with E-state index in [9.17, 15) is 9.90 Å². The molecule has 94 valence electrons. The van der Waals surface area contributed by atoms with Crippen molar-refractivity contribution in [2.75, 3.05) is 0 Å². The Hall–Kier alpha value is -1.51. The summed E-state index contributed by atoms with van der Waals surface area (Å²) in [5.74, 6) is -0.794. The highest BCUT2D eigenvalue weighted by Gasteiger charge is 2.17. The third-order valence-corrected chi connectivity index (χ3v) is 3.00. The lowest BCUT2D eigenvalue weighted by Gasteiger charge is -2.12. The number of phenolic OH excluding ortho intramolecular Hbond substituents is 1. The van der Waals surface area contributed by atoms with Gasteiger partial charge >= 0.3 is 5.97 Å². The Labute approximate surface area is 102 Å². The number of aromatic hydroxyl groups is 1. The Bertz CT molecular complexity index is 385. The second-order valence-corrected chi connectivity index (χ2v) is 4.50. The summed E-state index contributed by atoms with van der Waals surface area (Å²) in [6.07, 6.45) is 3.20. The molecule has 1 rings (SSSR count). The number of aliphatic carboxylic acids is 1. The van der Waals surface area contributed by atoms with E-state index in [0.29, 0.717) is 12.8 Å². The maximum atomic E-state index is 11.1. The molecule has 0 aliphatic rings. The van der Waals surface area contributed by atoms with Crippen LogP contribution in [-0.2, 0) is 11.2 Å². The van der Waals surface area contributed by atoms with Crippen molar-refractivity contribution in [3.63, 3.8) is 0 Å². The first kappa shape index (κ1) is 13.6. The number of aryl methyl sites for hydroxylation is 1. The highest BCUT2D eigenvalue weighted by molar-refractivity contribution is 5.70. The molecule has 1 atom stereocenters. The molecule has 1 unspecified atom stereocenters. The number of hydrogen-bond donors (Lipinski definition) is 2. The van der Waals surface area contributed by atoms with Gasteiger partial charge in [0.15, 0.2) is 0 Å². The van der Waals surface area contributed by atoms with Gasteiger partial charge in [-0.15, -0.1) is 0 Å². The van der Waals surface area contributed by atoms with Gasteiger partial charge in [-0.2, -0.15) is 0 Å². The van der Waals surface area contributed by atoms with E-state index in [0.717, 1.165) is 24.0 Å². The maximum Gasteiger partial charge on any atom is 0.306 e. The van der Waals surface area contributed by atoms with Crippen LogP contribution in [0.15, 0.2) is 18.2 Å². The predicted octanol–water partition coefficient (Wildman–Crippen LogP) is 3.13. The minimum Gasteiger partial charge on any atom is -0.508 e. The first-order chi connectivity index (χ1) is 8.04. The standard InChI is InChI=1S/C14H20O3/c1-3-4-5-12(14(16)17)9-11-6-7-13(15)10(2)8-11/h6-8,12,15H,3-5,9H2,1-2H3,(H,16,17). The van der Waals surface area contributed by atoms with Gasteiger partial charge in [0.1, 0.15) is 5.75 Å². The summed E-state index contributed by atoms with van der Waals surface area (Å²) in [6.45, 7) is 3.88. The number of carboxylic acid groups (broad SMARTS) is 1. The molecule has 0 aliphatic carbocycles. The van der Waals surface area contributed by atoms with Crippen molar-refractivity contribution in [1.29, 1.82) is 0 Å². The SMILES string of the molecule is CCCCC(Cc1ccc(O)c(C)c1)C(=O)O. The summed E-state index contributed by atoms with van der Waals surface area (Å²) in [7, 11) is 0. The van der Waals surface area contributed by atoms with Gasteiger partial charge in [0.2, 0.25) is 0 Å². The fourth-order valence-corrected chi connectivity index (χ4v) is 1.89. The van der Waals surface area contributed by atoms with Crippen LogP contribution in [0.2, 0.25) is 0 Å². The molecule has 0 fully saturated rings. The van der Waals surface area contributed by atoms with Crippen molar-refractivity contribution in [2.45, 2.75) is 39.5 Å². The number of phenols is 1. The third-order valence-electron chi connectivity index (χ3n) is 3.00. The van der Waals surface area contributed by atoms with Crippen LogP contribution in [0, 0.1) is 12.8 Å². The van der Waals surface area contributed by atoms with Crippen LogP contribution in [0.1, 0.15) is 37.3 Å². The van der Waals surface area contributed by atoms with Gasteiger partial charge in [-0.3, -0.25) is 4.79 Å². The Balaban J connectivity index is 2.71. The van der Waals surface area contributed by atoms with Crippen molar-refractivity contribution in [2.24, 2.45) is 5.92 Å². The van der Waals surface area contributed by atoms with Crippen molar-refractivity contribution in [3.05, 3.63) is 29.3 Å². The first-order valence-electron chi connectivity index (χ1n) is 6.06. The fraction of sp³-hybridized carbons (Fsp3) is 0.500. The van der Waals surface area contributed by atoms with Gasteiger partial charge in [0.25, 0.3) is 0 Å². The van der Waals surface area contributed by atoms with E-state index in [1.165, 1.54) is 0 Å². The Morgan fingerprint density at radius 3 is 2.65 bits per heavy atom. The highest BCUT2D eigenvalue weighted by Crippen LogP contribution is 2.21. The van der Waals surface area contributed by atoms with Gasteiger partial charge in [-0.05, 0) is 37.0 Å². The molecule has 0 saturated carbocycles. The molecule has 0 aliphatic heterocycles. The largest absolute Gasteiger partial charge is 0.508 e. The topological polar surface area (TPSA) is 57.5 Å². The molecule has 0 radical (unpaired) electrons. The van der Waals surface area contributed by atoms with E-state index >= 15 is 0 Å². The van der Waals surface area contributed by atoms with Crippen molar-refractivity contribution in [3.8, 4) is 5.75 Å². The molecule has 0 saturated heterocycles. The molecule has 3 nitrogen and oxygen atoms in total. The lowest BCUT2D eigenvalue weighted by molar-refractivity contribution is -0.141. The number of rotatable bonds is 6. The Kier molecular flexibility index (Phi) is 5.01. The minimum absolute atomic E-state index is 0.259. The third kappa shape index (κ3) is 4.10. The van der Waals surface area contributed by atoms with Crippen LogP contribution in [0.4, 0.5) is 0 Å². The molecular formula is C14H20O3. The lowest BCUT2D eigenvalue weighted by atomic mass is 9.93.